The van der Waals surface area contributed by atoms with Crippen molar-refractivity contribution in [1.29, 1.82) is 0 Å². The van der Waals surface area contributed by atoms with Gasteiger partial charge in [-0.15, -0.1) is 0 Å². The Balaban J connectivity index is 1.52. The fourth-order valence-corrected chi connectivity index (χ4v) is 2.84. The third-order valence-electron chi connectivity index (χ3n) is 4.24. The monoisotopic (exact) mass is 389 g/mol. The minimum atomic E-state index is -0.397. The molecule has 1 aromatic heterocycles. The normalized spacial score (nSPS) is 10.6. The molecule has 0 saturated carbocycles. The van der Waals surface area contributed by atoms with Crippen molar-refractivity contribution in [2.75, 3.05) is 12.4 Å². The van der Waals surface area contributed by atoms with E-state index in [9.17, 15) is 9.18 Å². The lowest BCUT2D eigenvalue weighted by molar-refractivity contribution is 0.102. The third-order valence-corrected chi connectivity index (χ3v) is 4.24. The van der Waals surface area contributed by atoms with E-state index in [-0.39, 0.29) is 11.8 Å². The highest BCUT2D eigenvalue weighted by Gasteiger charge is 2.12. The summed E-state index contributed by atoms with van der Waals surface area (Å²) in [7, 11) is 1.51. The molecule has 0 aliphatic heterocycles. The number of anilines is 1. The van der Waals surface area contributed by atoms with Crippen molar-refractivity contribution in [3.05, 3.63) is 84.4 Å². The quantitative estimate of drug-likeness (QED) is 0.530. The summed E-state index contributed by atoms with van der Waals surface area (Å²) in [5, 5.41) is 3.28. The van der Waals surface area contributed by atoms with Crippen LogP contribution in [0.3, 0.4) is 0 Å². The zero-order chi connectivity index (χ0) is 20.2. The van der Waals surface area contributed by atoms with Gasteiger partial charge in [0, 0.05) is 5.69 Å². The van der Waals surface area contributed by atoms with E-state index in [2.05, 4.69) is 15.3 Å². The molecule has 7 heteroatoms. The van der Waals surface area contributed by atoms with Crippen LogP contribution in [0.5, 0.6) is 17.4 Å². The Morgan fingerprint density at radius 2 is 1.79 bits per heavy atom. The van der Waals surface area contributed by atoms with Gasteiger partial charge in [-0.3, -0.25) is 4.79 Å². The molecule has 29 heavy (non-hydrogen) atoms. The largest absolute Gasteiger partial charge is 0.496 e. The van der Waals surface area contributed by atoms with Crippen LogP contribution in [0.4, 0.5) is 10.1 Å². The second kappa shape index (κ2) is 7.93. The van der Waals surface area contributed by atoms with Crippen molar-refractivity contribution in [3.63, 3.8) is 0 Å². The molecular weight excluding hydrogens is 373 g/mol. The molecule has 4 rings (SSSR count). The number of carbonyl (C=O) groups excluding carboxylic acids is 1. The van der Waals surface area contributed by atoms with E-state index in [0.717, 1.165) is 0 Å². The summed E-state index contributed by atoms with van der Waals surface area (Å²) in [5.41, 5.74) is 1.61. The summed E-state index contributed by atoms with van der Waals surface area (Å²) in [6.07, 6.45) is 1.36. The van der Waals surface area contributed by atoms with E-state index in [1.807, 2.05) is 0 Å². The summed E-state index contributed by atoms with van der Waals surface area (Å²) in [6.45, 7) is 0. The predicted octanol–water partition coefficient (Wildman–Crippen LogP) is 4.82. The molecule has 0 aliphatic rings. The topological polar surface area (TPSA) is 73.3 Å². The number of hydrogen-bond donors (Lipinski definition) is 1. The van der Waals surface area contributed by atoms with Gasteiger partial charge in [-0.2, -0.15) is 0 Å². The lowest BCUT2D eigenvalue weighted by Gasteiger charge is -2.10. The van der Waals surface area contributed by atoms with Crippen molar-refractivity contribution in [2.24, 2.45) is 0 Å². The fourth-order valence-electron chi connectivity index (χ4n) is 2.84. The number of methoxy groups -OCH3 is 1. The fraction of sp³-hybridized carbons (Fsp3) is 0.0455. The van der Waals surface area contributed by atoms with Gasteiger partial charge in [0.15, 0.2) is 0 Å². The summed E-state index contributed by atoms with van der Waals surface area (Å²) in [6, 6.07) is 18.0. The smallest absolute Gasteiger partial charge is 0.259 e. The number of benzene rings is 3. The molecule has 0 fully saturated rings. The molecule has 1 heterocycles. The Bertz CT molecular complexity index is 1180. The first-order chi connectivity index (χ1) is 14.1. The van der Waals surface area contributed by atoms with Crippen molar-refractivity contribution < 1.29 is 18.7 Å². The number of halogens is 1. The number of fused-ring (bicyclic) bond motifs is 1. The molecule has 0 spiro atoms. The lowest BCUT2D eigenvalue weighted by Crippen LogP contribution is -2.12. The minimum Gasteiger partial charge on any atom is -0.496 e. The van der Waals surface area contributed by atoms with Crippen LogP contribution in [-0.4, -0.2) is 23.0 Å². The minimum absolute atomic E-state index is 0.250. The van der Waals surface area contributed by atoms with Crippen LogP contribution in [-0.2, 0) is 0 Å². The number of hydrogen-bond acceptors (Lipinski definition) is 5. The van der Waals surface area contributed by atoms with Gasteiger partial charge in [-0.25, -0.2) is 14.4 Å². The molecule has 0 bridgehead atoms. The summed E-state index contributed by atoms with van der Waals surface area (Å²) < 4.78 is 24.6. The zero-order valence-corrected chi connectivity index (χ0v) is 15.4. The third kappa shape index (κ3) is 3.98. The molecule has 0 radical (unpaired) electrons. The number of carbonyl (C=O) groups is 1. The summed E-state index contributed by atoms with van der Waals surface area (Å²) in [4.78, 5) is 20.7. The standard InChI is InChI=1S/C22H16FN3O3/c1-28-20-5-3-2-4-17(20)21(27)26-15-7-9-16(10-8-15)29-22-18-12-14(23)6-11-19(18)24-13-25-22/h2-13H,1H3,(H,26,27). The molecule has 0 aliphatic carbocycles. The number of amides is 1. The van der Waals surface area contributed by atoms with Crippen molar-refractivity contribution in [3.8, 4) is 17.4 Å². The summed E-state index contributed by atoms with van der Waals surface area (Å²) in [5.74, 6) is 0.553. The van der Waals surface area contributed by atoms with E-state index in [1.54, 1.807) is 54.6 Å². The Kier molecular flexibility index (Phi) is 5.03. The molecule has 1 N–H and O–H groups in total. The first kappa shape index (κ1) is 18.4. The van der Waals surface area contributed by atoms with Crippen molar-refractivity contribution in [2.45, 2.75) is 0 Å². The number of ether oxygens (including phenoxy) is 2. The van der Waals surface area contributed by atoms with Crippen LogP contribution >= 0.6 is 0 Å². The van der Waals surface area contributed by atoms with E-state index in [4.69, 9.17) is 9.47 Å². The molecule has 144 valence electrons. The molecule has 1 amide bonds. The first-order valence-corrected chi connectivity index (χ1v) is 8.76. The van der Waals surface area contributed by atoms with Crippen molar-refractivity contribution >= 4 is 22.5 Å². The van der Waals surface area contributed by atoms with Crippen LogP contribution in [0.25, 0.3) is 10.9 Å². The number of nitrogens with one attached hydrogen (secondary N) is 1. The van der Waals surface area contributed by atoms with Gasteiger partial charge in [-0.1, -0.05) is 12.1 Å². The average Bonchev–Trinajstić information content (AvgIpc) is 2.75. The zero-order valence-electron chi connectivity index (χ0n) is 15.4. The lowest BCUT2D eigenvalue weighted by atomic mass is 10.2. The van der Waals surface area contributed by atoms with Gasteiger partial charge in [-0.05, 0) is 54.6 Å². The molecule has 0 unspecified atom stereocenters. The van der Waals surface area contributed by atoms with Crippen LogP contribution in [0.15, 0.2) is 73.1 Å². The van der Waals surface area contributed by atoms with Gasteiger partial charge < -0.3 is 14.8 Å². The van der Waals surface area contributed by atoms with E-state index >= 15 is 0 Å². The maximum Gasteiger partial charge on any atom is 0.259 e. The molecule has 6 nitrogen and oxygen atoms in total. The van der Waals surface area contributed by atoms with Crippen LogP contribution in [0.1, 0.15) is 10.4 Å². The van der Waals surface area contributed by atoms with Gasteiger partial charge >= 0.3 is 0 Å². The predicted molar refractivity (Wildman–Crippen MR) is 107 cm³/mol. The maximum atomic E-state index is 13.6. The first-order valence-electron chi connectivity index (χ1n) is 8.76. The van der Waals surface area contributed by atoms with Crippen LogP contribution in [0.2, 0.25) is 0 Å². The van der Waals surface area contributed by atoms with Crippen LogP contribution in [0, 0.1) is 5.82 Å². The Morgan fingerprint density at radius 3 is 2.59 bits per heavy atom. The van der Waals surface area contributed by atoms with Gasteiger partial charge in [0.25, 0.3) is 5.91 Å². The molecule has 0 saturated heterocycles. The number of nitrogens with zero attached hydrogens (tertiary/aromatic N) is 2. The SMILES string of the molecule is COc1ccccc1C(=O)Nc1ccc(Oc2ncnc3ccc(F)cc23)cc1. The summed E-state index contributed by atoms with van der Waals surface area (Å²) >= 11 is 0. The van der Waals surface area contributed by atoms with Gasteiger partial charge in [0.1, 0.15) is 23.6 Å². The molecule has 4 aromatic rings. The Morgan fingerprint density at radius 1 is 1.00 bits per heavy atom. The average molecular weight is 389 g/mol. The van der Waals surface area contributed by atoms with E-state index < -0.39 is 5.82 Å². The van der Waals surface area contributed by atoms with Gasteiger partial charge in [0.05, 0.1) is 23.6 Å². The van der Waals surface area contributed by atoms with E-state index in [1.165, 1.54) is 25.6 Å². The second-order valence-corrected chi connectivity index (χ2v) is 6.12. The highest BCUT2D eigenvalue weighted by Crippen LogP contribution is 2.28. The van der Waals surface area contributed by atoms with E-state index in [0.29, 0.717) is 33.7 Å². The van der Waals surface area contributed by atoms with Gasteiger partial charge in [0.2, 0.25) is 5.88 Å². The Hall–Kier alpha value is -4.00. The second-order valence-electron chi connectivity index (χ2n) is 6.12. The molecular formula is C22H16FN3O3. The maximum absolute atomic E-state index is 13.6. The number of para-hydroxylation sites is 1. The van der Waals surface area contributed by atoms with Crippen molar-refractivity contribution in [1.82, 2.24) is 9.97 Å². The Labute approximate surface area is 166 Å². The van der Waals surface area contributed by atoms with Crippen LogP contribution < -0.4 is 14.8 Å². The highest BCUT2D eigenvalue weighted by molar-refractivity contribution is 6.06. The number of rotatable bonds is 5. The molecule has 0 atom stereocenters. The number of aromatic nitrogens is 2. The highest BCUT2D eigenvalue weighted by atomic mass is 19.1. The molecule has 3 aromatic carbocycles.